The largest absolute Gasteiger partial charge is 0.416 e. The van der Waals surface area contributed by atoms with Gasteiger partial charge in [-0.25, -0.2) is 0 Å². The Balaban J connectivity index is 3.25. The number of carbonyl (C=O) groups excluding carboxylic acids is 1. The van der Waals surface area contributed by atoms with Crippen LogP contribution in [0.15, 0.2) is 22.7 Å². The zero-order chi connectivity index (χ0) is 12.5. The van der Waals surface area contributed by atoms with Crippen LogP contribution in [0.25, 0.3) is 0 Å². The lowest BCUT2D eigenvalue weighted by Crippen LogP contribution is -2.22. The highest BCUT2D eigenvalue weighted by Crippen LogP contribution is 2.32. The fourth-order valence-corrected chi connectivity index (χ4v) is 1.52. The van der Waals surface area contributed by atoms with E-state index in [1.807, 2.05) is 0 Å². The zero-order valence-electron chi connectivity index (χ0n) is 8.60. The molecule has 1 aromatic rings. The molecule has 6 heteroatoms. The summed E-state index contributed by atoms with van der Waals surface area (Å²) in [7, 11) is 2.96. The molecule has 0 N–H and O–H groups in total. The molecule has 1 aromatic carbocycles. The Morgan fingerprint density at radius 1 is 1.31 bits per heavy atom. The van der Waals surface area contributed by atoms with Crippen LogP contribution in [-0.4, -0.2) is 24.9 Å². The van der Waals surface area contributed by atoms with E-state index in [2.05, 4.69) is 15.9 Å². The summed E-state index contributed by atoms with van der Waals surface area (Å²) in [4.78, 5) is 12.8. The third kappa shape index (κ3) is 2.75. The average Bonchev–Trinajstić information content (AvgIpc) is 2.15. The van der Waals surface area contributed by atoms with Crippen LogP contribution in [0.3, 0.4) is 0 Å². The molecule has 1 amide bonds. The van der Waals surface area contributed by atoms with Crippen molar-refractivity contribution >= 4 is 21.8 Å². The van der Waals surface area contributed by atoms with Gasteiger partial charge in [0.2, 0.25) is 0 Å². The van der Waals surface area contributed by atoms with Crippen LogP contribution in [0.4, 0.5) is 13.2 Å². The van der Waals surface area contributed by atoms with E-state index in [1.165, 1.54) is 25.1 Å². The summed E-state index contributed by atoms with van der Waals surface area (Å²) in [6.45, 7) is 0. The molecule has 0 saturated carbocycles. The van der Waals surface area contributed by atoms with Crippen molar-refractivity contribution in [2.45, 2.75) is 6.18 Å². The molecule has 0 bridgehead atoms. The minimum atomic E-state index is -4.44. The monoisotopic (exact) mass is 295 g/mol. The summed E-state index contributed by atoms with van der Waals surface area (Å²) in [5.74, 6) is -0.474. The standard InChI is InChI=1S/C10H9BrF3NO/c1-15(2)9(16)7-5-6(10(12,13)14)3-4-8(7)11/h3-5H,1-2H3. The number of rotatable bonds is 1. The Bertz CT molecular complexity index is 415. The third-order valence-corrected chi connectivity index (χ3v) is 2.62. The first-order valence-corrected chi connectivity index (χ1v) is 5.11. The number of benzene rings is 1. The summed E-state index contributed by atoms with van der Waals surface area (Å²) in [6, 6.07) is 2.99. The number of halogens is 4. The minimum Gasteiger partial charge on any atom is -0.345 e. The molecule has 0 aliphatic heterocycles. The van der Waals surface area contributed by atoms with Gasteiger partial charge in [-0.05, 0) is 34.1 Å². The van der Waals surface area contributed by atoms with E-state index in [4.69, 9.17) is 0 Å². The number of hydrogen-bond acceptors (Lipinski definition) is 1. The van der Waals surface area contributed by atoms with Crippen molar-refractivity contribution in [3.05, 3.63) is 33.8 Å². The molecule has 0 fully saturated rings. The zero-order valence-corrected chi connectivity index (χ0v) is 10.2. The maximum atomic E-state index is 12.4. The molecule has 0 aliphatic carbocycles. The average molecular weight is 296 g/mol. The van der Waals surface area contributed by atoms with Gasteiger partial charge in [0.15, 0.2) is 0 Å². The predicted molar refractivity (Wildman–Crippen MR) is 57.2 cm³/mol. The van der Waals surface area contributed by atoms with Crippen LogP contribution in [-0.2, 0) is 6.18 Å². The van der Waals surface area contributed by atoms with Crippen LogP contribution in [0.1, 0.15) is 15.9 Å². The van der Waals surface area contributed by atoms with E-state index in [0.29, 0.717) is 4.47 Å². The summed E-state index contributed by atoms with van der Waals surface area (Å²) < 4.78 is 37.6. The van der Waals surface area contributed by atoms with Crippen molar-refractivity contribution in [2.75, 3.05) is 14.1 Å². The molecule has 0 radical (unpaired) electrons. The van der Waals surface area contributed by atoms with E-state index >= 15 is 0 Å². The molecule has 16 heavy (non-hydrogen) atoms. The molecule has 0 heterocycles. The first kappa shape index (κ1) is 13.0. The number of hydrogen-bond donors (Lipinski definition) is 0. The smallest absolute Gasteiger partial charge is 0.345 e. The number of alkyl halides is 3. The fraction of sp³-hybridized carbons (Fsp3) is 0.300. The Hall–Kier alpha value is -1.04. The van der Waals surface area contributed by atoms with E-state index in [9.17, 15) is 18.0 Å². The van der Waals surface area contributed by atoms with Gasteiger partial charge in [-0.1, -0.05) is 0 Å². The maximum Gasteiger partial charge on any atom is 0.416 e. The summed E-state index contributed by atoms with van der Waals surface area (Å²) in [6.07, 6.45) is -4.44. The molecule has 1 rings (SSSR count). The van der Waals surface area contributed by atoms with Crippen LogP contribution >= 0.6 is 15.9 Å². The molecule has 0 unspecified atom stereocenters. The highest BCUT2D eigenvalue weighted by molar-refractivity contribution is 9.10. The van der Waals surface area contributed by atoms with Crippen molar-refractivity contribution in [3.8, 4) is 0 Å². The molecule has 0 aliphatic rings. The van der Waals surface area contributed by atoms with Crippen molar-refractivity contribution < 1.29 is 18.0 Å². The molecular formula is C10H9BrF3NO. The number of carbonyl (C=O) groups is 1. The lowest BCUT2D eigenvalue weighted by Gasteiger charge is -2.14. The predicted octanol–water partition coefficient (Wildman–Crippen LogP) is 3.17. The first-order chi connectivity index (χ1) is 7.23. The Morgan fingerprint density at radius 3 is 2.31 bits per heavy atom. The molecule has 0 saturated heterocycles. The third-order valence-electron chi connectivity index (χ3n) is 1.93. The van der Waals surface area contributed by atoms with Gasteiger partial charge >= 0.3 is 6.18 Å². The van der Waals surface area contributed by atoms with Crippen molar-refractivity contribution in [3.63, 3.8) is 0 Å². The van der Waals surface area contributed by atoms with E-state index in [-0.39, 0.29) is 5.56 Å². The molecule has 0 aromatic heterocycles. The molecule has 0 spiro atoms. The van der Waals surface area contributed by atoms with Crippen LogP contribution in [0.5, 0.6) is 0 Å². The van der Waals surface area contributed by atoms with Crippen LogP contribution < -0.4 is 0 Å². The second kappa shape index (κ2) is 4.45. The van der Waals surface area contributed by atoms with E-state index in [1.54, 1.807) is 0 Å². The lowest BCUT2D eigenvalue weighted by molar-refractivity contribution is -0.137. The highest BCUT2D eigenvalue weighted by Gasteiger charge is 2.31. The van der Waals surface area contributed by atoms with Gasteiger partial charge in [-0.3, -0.25) is 4.79 Å². The SMILES string of the molecule is CN(C)C(=O)c1cc(C(F)(F)F)ccc1Br. The Kier molecular flexibility index (Phi) is 3.62. The number of amides is 1. The van der Waals surface area contributed by atoms with Gasteiger partial charge in [0.25, 0.3) is 5.91 Å². The molecule has 88 valence electrons. The first-order valence-electron chi connectivity index (χ1n) is 4.32. The minimum absolute atomic E-state index is 0.000162. The topological polar surface area (TPSA) is 20.3 Å². The van der Waals surface area contributed by atoms with Gasteiger partial charge in [-0.2, -0.15) is 13.2 Å². The quantitative estimate of drug-likeness (QED) is 0.779. The lowest BCUT2D eigenvalue weighted by atomic mass is 10.1. The highest BCUT2D eigenvalue weighted by atomic mass is 79.9. The van der Waals surface area contributed by atoms with Crippen LogP contribution in [0.2, 0.25) is 0 Å². The van der Waals surface area contributed by atoms with Crippen molar-refractivity contribution in [1.82, 2.24) is 4.90 Å². The van der Waals surface area contributed by atoms with Gasteiger partial charge in [0.1, 0.15) is 0 Å². The fourth-order valence-electron chi connectivity index (χ4n) is 1.11. The summed E-state index contributed by atoms with van der Waals surface area (Å²) >= 11 is 3.05. The Morgan fingerprint density at radius 2 is 1.88 bits per heavy atom. The van der Waals surface area contributed by atoms with Crippen LogP contribution in [0, 0.1) is 0 Å². The van der Waals surface area contributed by atoms with E-state index in [0.717, 1.165) is 12.1 Å². The summed E-state index contributed by atoms with van der Waals surface area (Å²) in [5, 5.41) is 0. The second-order valence-electron chi connectivity index (χ2n) is 3.39. The van der Waals surface area contributed by atoms with Gasteiger partial charge in [-0.15, -0.1) is 0 Å². The Labute approximate surface area is 99.2 Å². The van der Waals surface area contributed by atoms with Gasteiger partial charge in [0, 0.05) is 18.6 Å². The summed E-state index contributed by atoms with van der Waals surface area (Å²) in [5.41, 5.74) is -0.833. The molecule has 0 atom stereocenters. The van der Waals surface area contributed by atoms with Crippen molar-refractivity contribution in [2.24, 2.45) is 0 Å². The molecular weight excluding hydrogens is 287 g/mol. The molecule has 2 nitrogen and oxygen atoms in total. The number of nitrogens with zero attached hydrogens (tertiary/aromatic N) is 1. The normalized spacial score (nSPS) is 11.4. The second-order valence-corrected chi connectivity index (χ2v) is 4.25. The maximum absolute atomic E-state index is 12.4. The van der Waals surface area contributed by atoms with Gasteiger partial charge < -0.3 is 4.90 Å². The van der Waals surface area contributed by atoms with E-state index < -0.39 is 17.6 Å². The van der Waals surface area contributed by atoms with Crippen molar-refractivity contribution in [1.29, 1.82) is 0 Å². The van der Waals surface area contributed by atoms with Gasteiger partial charge in [0.05, 0.1) is 11.1 Å².